The molecule has 1 aromatic carbocycles. The first-order valence-electron chi connectivity index (χ1n) is 7.75. The molecule has 3 heteroatoms. The highest BCUT2D eigenvalue weighted by atomic mass is 14.9. The second kappa shape index (κ2) is 6.78. The van der Waals surface area contributed by atoms with E-state index >= 15 is 0 Å². The quantitative estimate of drug-likeness (QED) is 0.784. The van der Waals surface area contributed by atoms with Gasteiger partial charge in [0, 0.05) is 23.6 Å². The molecule has 112 valence electrons. The standard InChI is InChI=1S/C18H25N3/c1-18(2,14-20)10-3-4-12-21-13-9-16-15(8-11-19)6-5-7-17(16)21/h5-7,9,13H,3-4,8,10-12,19H2,1-2H3. The number of unbranched alkanes of at least 4 members (excludes halogenated alkanes) is 1. The maximum absolute atomic E-state index is 9.03. The van der Waals surface area contributed by atoms with Crippen LogP contribution in [-0.4, -0.2) is 11.1 Å². The third kappa shape index (κ3) is 3.86. The number of hydrogen-bond acceptors (Lipinski definition) is 2. The summed E-state index contributed by atoms with van der Waals surface area (Å²) >= 11 is 0. The Morgan fingerprint density at radius 2 is 2.05 bits per heavy atom. The van der Waals surface area contributed by atoms with Crippen molar-refractivity contribution in [1.29, 1.82) is 5.26 Å². The van der Waals surface area contributed by atoms with Gasteiger partial charge in [-0.1, -0.05) is 18.6 Å². The highest BCUT2D eigenvalue weighted by Crippen LogP contribution is 2.24. The molecule has 0 aliphatic heterocycles. The topological polar surface area (TPSA) is 54.7 Å². The Morgan fingerprint density at radius 1 is 1.24 bits per heavy atom. The van der Waals surface area contributed by atoms with Gasteiger partial charge in [0.1, 0.15) is 0 Å². The Morgan fingerprint density at radius 3 is 2.76 bits per heavy atom. The summed E-state index contributed by atoms with van der Waals surface area (Å²) in [5, 5.41) is 10.4. The Labute approximate surface area is 127 Å². The highest BCUT2D eigenvalue weighted by molar-refractivity contribution is 5.83. The molecule has 0 bridgehead atoms. The molecule has 0 amide bonds. The van der Waals surface area contributed by atoms with E-state index in [1.54, 1.807) is 0 Å². The van der Waals surface area contributed by atoms with E-state index in [4.69, 9.17) is 11.0 Å². The number of aromatic nitrogens is 1. The van der Waals surface area contributed by atoms with Crippen molar-refractivity contribution < 1.29 is 0 Å². The van der Waals surface area contributed by atoms with Gasteiger partial charge in [0.25, 0.3) is 0 Å². The minimum absolute atomic E-state index is 0.201. The second-order valence-electron chi connectivity index (χ2n) is 6.35. The fraction of sp³-hybridized carbons (Fsp3) is 0.500. The molecule has 2 aromatic rings. The monoisotopic (exact) mass is 283 g/mol. The molecule has 0 unspecified atom stereocenters. The molecule has 0 aliphatic rings. The number of hydrogen-bond donors (Lipinski definition) is 1. The SMILES string of the molecule is CC(C)(C#N)CCCCn1ccc2c(CCN)cccc21. The maximum Gasteiger partial charge on any atom is 0.0683 e. The third-order valence-corrected chi connectivity index (χ3v) is 4.07. The van der Waals surface area contributed by atoms with E-state index in [-0.39, 0.29) is 5.41 Å². The first kappa shape index (κ1) is 15.6. The van der Waals surface area contributed by atoms with Crippen molar-refractivity contribution in [2.75, 3.05) is 6.54 Å². The van der Waals surface area contributed by atoms with Crippen molar-refractivity contribution >= 4 is 10.9 Å². The lowest BCUT2D eigenvalue weighted by atomic mass is 9.89. The summed E-state index contributed by atoms with van der Waals surface area (Å²) in [6.45, 7) is 5.72. The van der Waals surface area contributed by atoms with Crippen LogP contribution in [0.15, 0.2) is 30.5 Å². The van der Waals surface area contributed by atoms with Crippen LogP contribution in [0.25, 0.3) is 10.9 Å². The van der Waals surface area contributed by atoms with Crippen LogP contribution in [0.1, 0.15) is 38.7 Å². The van der Waals surface area contributed by atoms with E-state index in [0.717, 1.165) is 32.2 Å². The van der Waals surface area contributed by atoms with E-state index in [9.17, 15) is 0 Å². The molecule has 3 nitrogen and oxygen atoms in total. The number of fused-ring (bicyclic) bond motifs is 1. The van der Waals surface area contributed by atoms with Crippen LogP contribution in [0, 0.1) is 16.7 Å². The molecule has 0 radical (unpaired) electrons. The largest absolute Gasteiger partial charge is 0.347 e. The van der Waals surface area contributed by atoms with Gasteiger partial charge in [-0.25, -0.2) is 0 Å². The van der Waals surface area contributed by atoms with Gasteiger partial charge in [-0.2, -0.15) is 5.26 Å². The Hall–Kier alpha value is -1.79. The smallest absolute Gasteiger partial charge is 0.0683 e. The fourth-order valence-electron chi connectivity index (χ4n) is 2.76. The Bertz CT molecular complexity index is 631. The molecule has 0 atom stereocenters. The maximum atomic E-state index is 9.03. The normalized spacial score (nSPS) is 11.7. The molecule has 0 aliphatic carbocycles. The van der Waals surface area contributed by atoms with Crippen molar-refractivity contribution in [3.8, 4) is 6.07 Å². The summed E-state index contributed by atoms with van der Waals surface area (Å²) in [6.07, 6.45) is 6.25. The highest BCUT2D eigenvalue weighted by Gasteiger charge is 2.15. The summed E-state index contributed by atoms with van der Waals surface area (Å²) in [5.74, 6) is 0. The van der Waals surface area contributed by atoms with Gasteiger partial charge in [0.15, 0.2) is 0 Å². The Kier molecular flexibility index (Phi) is 5.03. The minimum atomic E-state index is -0.201. The van der Waals surface area contributed by atoms with E-state index in [0.29, 0.717) is 6.54 Å². The average molecular weight is 283 g/mol. The first-order chi connectivity index (χ1) is 10.1. The fourth-order valence-corrected chi connectivity index (χ4v) is 2.76. The molecular formula is C18H25N3. The number of nitrogens with two attached hydrogens (primary N) is 1. The molecule has 21 heavy (non-hydrogen) atoms. The summed E-state index contributed by atoms with van der Waals surface area (Å²) in [6, 6.07) is 11.0. The Balaban J connectivity index is 2.00. The minimum Gasteiger partial charge on any atom is -0.347 e. The lowest BCUT2D eigenvalue weighted by Gasteiger charge is -2.14. The van der Waals surface area contributed by atoms with Gasteiger partial charge >= 0.3 is 0 Å². The van der Waals surface area contributed by atoms with E-state index in [2.05, 4.69) is 41.1 Å². The molecule has 0 spiro atoms. The predicted molar refractivity (Wildman–Crippen MR) is 87.9 cm³/mol. The second-order valence-corrected chi connectivity index (χ2v) is 6.35. The molecule has 1 heterocycles. The van der Waals surface area contributed by atoms with Crippen LogP contribution in [0.4, 0.5) is 0 Å². The first-order valence-corrected chi connectivity index (χ1v) is 7.75. The molecule has 0 saturated heterocycles. The van der Waals surface area contributed by atoms with Crippen molar-refractivity contribution in [2.45, 2.75) is 46.1 Å². The molecule has 1 aromatic heterocycles. The number of nitrogens with zero attached hydrogens (tertiary/aromatic N) is 2. The number of nitriles is 1. The van der Waals surface area contributed by atoms with Crippen LogP contribution < -0.4 is 5.73 Å². The number of aryl methyl sites for hydroxylation is 1. The van der Waals surface area contributed by atoms with Gasteiger partial charge in [0.2, 0.25) is 0 Å². The van der Waals surface area contributed by atoms with Crippen LogP contribution in [-0.2, 0) is 13.0 Å². The van der Waals surface area contributed by atoms with Gasteiger partial charge in [-0.15, -0.1) is 0 Å². The zero-order chi connectivity index (χ0) is 15.3. The van der Waals surface area contributed by atoms with Crippen LogP contribution in [0.2, 0.25) is 0 Å². The molecule has 0 saturated carbocycles. The van der Waals surface area contributed by atoms with Gasteiger partial charge in [-0.3, -0.25) is 0 Å². The third-order valence-electron chi connectivity index (χ3n) is 4.07. The summed E-state index contributed by atoms with van der Waals surface area (Å²) in [5.41, 5.74) is 8.10. The zero-order valence-corrected chi connectivity index (χ0v) is 13.1. The molecule has 2 N–H and O–H groups in total. The molecule has 2 rings (SSSR count). The summed E-state index contributed by atoms with van der Waals surface area (Å²) in [7, 11) is 0. The molecule has 0 fully saturated rings. The summed E-state index contributed by atoms with van der Waals surface area (Å²) in [4.78, 5) is 0. The van der Waals surface area contributed by atoms with Crippen molar-refractivity contribution in [3.63, 3.8) is 0 Å². The lowest BCUT2D eigenvalue weighted by molar-refractivity contribution is 0.418. The van der Waals surface area contributed by atoms with Crippen molar-refractivity contribution in [1.82, 2.24) is 4.57 Å². The van der Waals surface area contributed by atoms with Gasteiger partial charge < -0.3 is 10.3 Å². The number of rotatable bonds is 7. The van der Waals surface area contributed by atoms with Crippen molar-refractivity contribution in [2.24, 2.45) is 11.1 Å². The van der Waals surface area contributed by atoms with E-state index in [1.807, 2.05) is 13.8 Å². The predicted octanol–water partition coefficient (Wildman–Crippen LogP) is 3.86. The van der Waals surface area contributed by atoms with Gasteiger partial charge in [-0.05, 0) is 57.4 Å². The average Bonchev–Trinajstić information content (AvgIpc) is 2.88. The summed E-state index contributed by atoms with van der Waals surface area (Å²) < 4.78 is 2.31. The van der Waals surface area contributed by atoms with E-state index < -0.39 is 0 Å². The molecular weight excluding hydrogens is 258 g/mol. The zero-order valence-electron chi connectivity index (χ0n) is 13.1. The van der Waals surface area contributed by atoms with E-state index in [1.165, 1.54) is 16.5 Å². The van der Waals surface area contributed by atoms with Crippen LogP contribution >= 0.6 is 0 Å². The number of benzene rings is 1. The van der Waals surface area contributed by atoms with Crippen molar-refractivity contribution in [3.05, 3.63) is 36.0 Å². The van der Waals surface area contributed by atoms with Crippen LogP contribution in [0.5, 0.6) is 0 Å². The lowest BCUT2D eigenvalue weighted by Crippen LogP contribution is -2.08. The van der Waals surface area contributed by atoms with Crippen LogP contribution in [0.3, 0.4) is 0 Å². The van der Waals surface area contributed by atoms with Gasteiger partial charge in [0.05, 0.1) is 11.5 Å².